The Labute approximate surface area is 105 Å². The highest BCUT2D eigenvalue weighted by Gasteiger charge is 2.12. The van der Waals surface area contributed by atoms with Crippen LogP contribution in [0.3, 0.4) is 0 Å². The summed E-state index contributed by atoms with van der Waals surface area (Å²) in [6.45, 7) is 3.17. The van der Waals surface area contributed by atoms with Crippen LogP contribution in [0, 0.1) is 0 Å². The van der Waals surface area contributed by atoms with E-state index in [0.29, 0.717) is 0 Å². The molecule has 0 saturated heterocycles. The van der Waals surface area contributed by atoms with Crippen molar-refractivity contribution >= 4 is 33.3 Å². The first-order chi connectivity index (χ1) is 7.91. The number of sulfone groups is 1. The van der Waals surface area contributed by atoms with Gasteiger partial charge < -0.3 is 10.6 Å². The minimum atomic E-state index is -3.27. The molecular weight excluding hydrogens is 268 g/mol. The van der Waals surface area contributed by atoms with E-state index < -0.39 is 21.7 Å². The highest BCUT2D eigenvalue weighted by atomic mass is 35.5. The summed E-state index contributed by atoms with van der Waals surface area (Å²) in [6, 6.07) is 0. The zero-order valence-corrected chi connectivity index (χ0v) is 10.8. The minimum absolute atomic E-state index is 0.0132. The van der Waals surface area contributed by atoms with Gasteiger partial charge in [0.25, 0.3) is 0 Å². The highest BCUT2D eigenvalue weighted by molar-refractivity contribution is 7.91. The van der Waals surface area contributed by atoms with Gasteiger partial charge in [-0.25, -0.2) is 8.42 Å². The quantitative estimate of drug-likeness (QED) is 0.353. The third-order valence-electron chi connectivity index (χ3n) is 1.76. The third-order valence-corrected chi connectivity index (χ3v) is 3.83. The number of rotatable bonds is 8. The van der Waals surface area contributed by atoms with Crippen LogP contribution in [-0.2, 0) is 19.4 Å². The first-order valence-corrected chi connectivity index (χ1v) is 7.20. The van der Waals surface area contributed by atoms with Crippen molar-refractivity contribution in [2.75, 3.05) is 24.1 Å². The second-order valence-electron chi connectivity index (χ2n) is 3.11. The number of carbonyl (C=O) groups is 2. The zero-order chi connectivity index (χ0) is 13.3. The average molecular weight is 283 g/mol. The Morgan fingerprint density at radius 2 is 1.88 bits per heavy atom. The molecule has 0 aliphatic carbocycles. The number of amides is 2. The predicted molar refractivity (Wildman–Crippen MR) is 65.3 cm³/mol. The van der Waals surface area contributed by atoms with Crippen LogP contribution < -0.4 is 10.6 Å². The van der Waals surface area contributed by atoms with Gasteiger partial charge >= 0.3 is 0 Å². The van der Waals surface area contributed by atoms with Crippen LogP contribution in [0.15, 0.2) is 12.7 Å². The van der Waals surface area contributed by atoms with Crippen molar-refractivity contribution in [1.29, 1.82) is 0 Å². The molecule has 0 unspecified atom stereocenters. The Kier molecular flexibility index (Phi) is 7.56. The number of nitrogens with one attached hydrogen (secondary N) is 2. The third kappa shape index (κ3) is 8.70. The molecule has 0 rings (SSSR count). The maximum Gasteiger partial charge on any atom is 0.244 e. The first-order valence-electron chi connectivity index (χ1n) is 4.84. The molecule has 0 heterocycles. The molecular formula is C9H15ClN2O4S. The molecule has 98 valence electrons. The molecule has 2 N–H and O–H groups in total. The standard InChI is InChI=1S/C9H15ClN2O4S/c1-2-8(13)11-7-12-9(14)3-5-17(15,16)6-4-10/h2H,1,3-7H2,(H,11,13)(H,12,14). The summed E-state index contributed by atoms with van der Waals surface area (Å²) in [5.74, 6) is -1.25. The van der Waals surface area contributed by atoms with Gasteiger partial charge in [0.15, 0.2) is 9.84 Å². The van der Waals surface area contributed by atoms with Crippen LogP contribution in [0.2, 0.25) is 0 Å². The van der Waals surface area contributed by atoms with Crippen LogP contribution in [-0.4, -0.2) is 44.3 Å². The lowest BCUT2D eigenvalue weighted by molar-refractivity contribution is -0.121. The molecule has 0 aliphatic heterocycles. The molecule has 0 radical (unpaired) electrons. The van der Waals surface area contributed by atoms with Crippen LogP contribution in [0.4, 0.5) is 0 Å². The van der Waals surface area contributed by atoms with Gasteiger partial charge in [-0.15, -0.1) is 11.6 Å². The largest absolute Gasteiger partial charge is 0.339 e. The summed E-state index contributed by atoms with van der Waals surface area (Å²) in [6.07, 6.45) is 0.917. The first kappa shape index (κ1) is 15.9. The molecule has 0 aromatic rings. The van der Waals surface area contributed by atoms with Gasteiger partial charge in [-0.05, 0) is 6.08 Å². The fourth-order valence-corrected chi connectivity index (χ4v) is 2.50. The van der Waals surface area contributed by atoms with Crippen LogP contribution in [0.1, 0.15) is 6.42 Å². The maximum atomic E-state index is 11.2. The van der Waals surface area contributed by atoms with Gasteiger partial charge in [0.1, 0.15) is 0 Å². The van der Waals surface area contributed by atoms with Gasteiger partial charge in [0.2, 0.25) is 11.8 Å². The summed E-state index contributed by atoms with van der Waals surface area (Å²) in [7, 11) is -3.27. The second kappa shape index (κ2) is 8.08. The number of halogens is 1. The Balaban J connectivity index is 3.81. The van der Waals surface area contributed by atoms with E-state index >= 15 is 0 Å². The molecule has 8 heteroatoms. The van der Waals surface area contributed by atoms with Gasteiger partial charge in [0, 0.05) is 12.3 Å². The molecule has 17 heavy (non-hydrogen) atoms. The summed E-state index contributed by atoms with van der Waals surface area (Å²) in [5, 5.41) is 4.67. The lowest BCUT2D eigenvalue weighted by atomic mass is 10.4. The Morgan fingerprint density at radius 1 is 1.24 bits per heavy atom. The van der Waals surface area contributed by atoms with Crippen molar-refractivity contribution in [3.8, 4) is 0 Å². The van der Waals surface area contributed by atoms with E-state index in [4.69, 9.17) is 11.6 Å². The Bertz CT molecular complexity index is 380. The summed E-state index contributed by atoms with van der Waals surface area (Å²) >= 11 is 5.30. The second-order valence-corrected chi connectivity index (χ2v) is 5.79. The molecule has 0 atom stereocenters. The van der Waals surface area contributed by atoms with E-state index in [1.807, 2.05) is 0 Å². The van der Waals surface area contributed by atoms with E-state index in [1.54, 1.807) is 0 Å². The molecule has 0 aromatic carbocycles. The topological polar surface area (TPSA) is 92.3 Å². The monoisotopic (exact) mass is 282 g/mol. The molecule has 0 aliphatic rings. The van der Waals surface area contributed by atoms with Crippen molar-refractivity contribution < 1.29 is 18.0 Å². The summed E-state index contributed by atoms with van der Waals surface area (Å²) in [4.78, 5) is 21.9. The van der Waals surface area contributed by atoms with Crippen LogP contribution in [0.25, 0.3) is 0 Å². The number of alkyl halides is 1. The summed E-state index contributed by atoms with van der Waals surface area (Å²) < 4.78 is 22.4. The number of carbonyl (C=O) groups excluding carboxylic acids is 2. The van der Waals surface area contributed by atoms with Crippen molar-refractivity contribution in [3.05, 3.63) is 12.7 Å². The molecule has 0 aromatic heterocycles. The minimum Gasteiger partial charge on any atom is -0.339 e. The van der Waals surface area contributed by atoms with E-state index in [9.17, 15) is 18.0 Å². The fourth-order valence-electron chi connectivity index (χ4n) is 0.858. The van der Waals surface area contributed by atoms with Crippen molar-refractivity contribution in [3.63, 3.8) is 0 Å². The summed E-state index contributed by atoms with van der Waals surface area (Å²) in [5.41, 5.74) is 0. The molecule has 2 amide bonds. The Hall–Kier alpha value is -1.08. The maximum absolute atomic E-state index is 11.2. The van der Waals surface area contributed by atoms with Crippen molar-refractivity contribution in [2.45, 2.75) is 6.42 Å². The molecule has 0 fully saturated rings. The Morgan fingerprint density at radius 3 is 2.41 bits per heavy atom. The van der Waals surface area contributed by atoms with Gasteiger partial charge in [-0.2, -0.15) is 0 Å². The molecule has 0 bridgehead atoms. The molecule has 6 nitrogen and oxygen atoms in total. The highest BCUT2D eigenvalue weighted by Crippen LogP contribution is 1.95. The fraction of sp³-hybridized carbons (Fsp3) is 0.556. The van der Waals surface area contributed by atoms with Crippen molar-refractivity contribution in [2.24, 2.45) is 0 Å². The zero-order valence-electron chi connectivity index (χ0n) is 9.24. The van der Waals surface area contributed by atoms with E-state index in [2.05, 4.69) is 17.2 Å². The average Bonchev–Trinajstić information content (AvgIpc) is 2.26. The van der Waals surface area contributed by atoms with Crippen LogP contribution in [0.5, 0.6) is 0 Å². The van der Waals surface area contributed by atoms with Crippen molar-refractivity contribution in [1.82, 2.24) is 10.6 Å². The van der Waals surface area contributed by atoms with Gasteiger partial charge in [-0.3, -0.25) is 9.59 Å². The van der Waals surface area contributed by atoms with E-state index in [-0.39, 0.29) is 30.5 Å². The smallest absolute Gasteiger partial charge is 0.244 e. The lowest BCUT2D eigenvalue weighted by Gasteiger charge is -2.05. The molecule has 0 saturated carbocycles. The van der Waals surface area contributed by atoms with Gasteiger partial charge in [-0.1, -0.05) is 6.58 Å². The molecule has 0 spiro atoms. The SMILES string of the molecule is C=CC(=O)NCNC(=O)CCS(=O)(=O)CCCl. The van der Waals surface area contributed by atoms with E-state index in [0.717, 1.165) is 6.08 Å². The van der Waals surface area contributed by atoms with E-state index in [1.165, 1.54) is 0 Å². The number of hydrogen-bond donors (Lipinski definition) is 2. The van der Waals surface area contributed by atoms with Gasteiger partial charge in [0.05, 0.1) is 18.2 Å². The number of hydrogen-bond acceptors (Lipinski definition) is 4. The predicted octanol–water partition coefficient (Wildman–Crippen LogP) is -0.594. The lowest BCUT2D eigenvalue weighted by Crippen LogP contribution is -2.37. The van der Waals surface area contributed by atoms with Crippen LogP contribution >= 0.6 is 11.6 Å². The normalized spacial score (nSPS) is 10.6.